The molecule has 0 aliphatic heterocycles. The smallest absolute Gasteiger partial charge is 0.239 e. The molecule has 1 aromatic heterocycles. The molecule has 2 N–H and O–H groups in total. The first-order valence-corrected chi connectivity index (χ1v) is 6.25. The quantitative estimate of drug-likeness (QED) is 0.819. The molecule has 1 aromatic rings. The van der Waals surface area contributed by atoms with Gasteiger partial charge in [-0.2, -0.15) is 0 Å². The van der Waals surface area contributed by atoms with Crippen LogP contribution in [0.15, 0.2) is 16.9 Å². The molecule has 5 nitrogen and oxygen atoms in total. The van der Waals surface area contributed by atoms with Crippen molar-refractivity contribution in [1.82, 2.24) is 10.5 Å². The number of hydrogen-bond acceptors (Lipinski definition) is 4. The SMILES string of the molecule is O=C(CNCC1CCCCC1)Nc1ccon1. The lowest BCUT2D eigenvalue weighted by Gasteiger charge is -2.21. The Morgan fingerprint density at radius 2 is 2.24 bits per heavy atom. The summed E-state index contributed by atoms with van der Waals surface area (Å²) in [4.78, 5) is 11.5. The zero-order valence-corrected chi connectivity index (χ0v) is 9.95. The second-order valence-corrected chi connectivity index (χ2v) is 4.57. The number of nitrogens with zero attached hydrogens (tertiary/aromatic N) is 1. The number of anilines is 1. The molecule has 94 valence electrons. The minimum absolute atomic E-state index is 0.0743. The van der Waals surface area contributed by atoms with Crippen molar-refractivity contribution in [3.63, 3.8) is 0 Å². The van der Waals surface area contributed by atoms with E-state index in [0.29, 0.717) is 12.4 Å². The van der Waals surface area contributed by atoms with E-state index in [0.717, 1.165) is 12.5 Å². The molecule has 0 spiro atoms. The molecule has 0 saturated heterocycles. The largest absolute Gasteiger partial charge is 0.363 e. The van der Waals surface area contributed by atoms with Crippen molar-refractivity contribution in [1.29, 1.82) is 0 Å². The second-order valence-electron chi connectivity index (χ2n) is 4.57. The highest BCUT2D eigenvalue weighted by Crippen LogP contribution is 2.22. The molecule has 0 radical (unpaired) electrons. The highest BCUT2D eigenvalue weighted by molar-refractivity contribution is 5.91. The molecule has 17 heavy (non-hydrogen) atoms. The van der Waals surface area contributed by atoms with E-state index in [4.69, 9.17) is 0 Å². The molecule has 0 atom stereocenters. The predicted octanol–water partition coefficient (Wildman–Crippen LogP) is 1.78. The lowest BCUT2D eigenvalue weighted by molar-refractivity contribution is -0.115. The molecule has 1 amide bonds. The normalized spacial score (nSPS) is 16.9. The van der Waals surface area contributed by atoms with Crippen molar-refractivity contribution in [3.8, 4) is 0 Å². The Hall–Kier alpha value is -1.36. The van der Waals surface area contributed by atoms with E-state index in [2.05, 4.69) is 20.3 Å². The minimum atomic E-state index is -0.0743. The van der Waals surface area contributed by atoms with Gasteiger partial charge in [-0.25, -0.2) is 0 Å². The number of hydrogen-bond donors (Lipinski definition) is 2. The van der Waals surface area contributed by atoms with Crippen LogP contribution in [-0.2, 0) is 4.79 Å². The van der Waals surface area contributed by atoms with E-state index in [1.165, 1.54) is 38.4 Å². The summed E-state index contributed by atoms with van der Waals surface area (Å²) in [6.07, 6.45) is 8.04. The highest BCUT2D eigenvalue weighted by atomic mass is 16.5. The molecule has 1 saturated carbocycles. The van der Waals surface area contributed by atoms with Crippen LogP contribution in [0.4, 0.5) is 5.82 Å². The average molecular weight is 237 g/mol. The summed E-state index contributed by atoms with van der Waals surface area (Å²) in [6.45, 7) is 1.27. The topological polar surface area (TPSA) is 67.2 Å². The summed E-state index contributed by atoms with van der Waals surface area (Å²) >= 11 is 0. The third-order valence-corrected chi connectivity index (χ3v) is 3.15. The maximum Gasteiger partial charge on any atom is 0.239 e. The number of carbonyl (C=O) groups is 1. The molecule has 1 heterocycles. The van der Waals surface area contributed by atoms with E-state index in [1.54, 1.807) is 6.07 Å². The van der Waals surface area contributed by atoms with Gasteiger partial charge in [-0.05, 0) is 25.3 Å². The number of nitrogens with one attached hydrogen (secondary N) is 2. The summed E-state index contributed by atoms with van der Waals surface area (Å²) in [6, 6.07) is 1.62. The Balaban J connectivity index is 1.59. The van der Waals surface area contributed by atoms with Crippen molar-refractivity contribution in [2.75, 3.05) is 18.4 Å². The lowest BCUT2D eigenvalue weighted by Crippen LogP contribution is -2.32. The molecule has 0 aromatic carbocycles. The summed E-state index contributed by atoms with van der Waals surface area (Å²) in [5, 5.41) is 9.47. The van der Waals surface area contributed by atoms with Crippen molar-refractivity contribution >= 4 is 11.7 Å². The van der Waals surface area contributed by atoms with Gasteiger partial charge in [0.05, 0.1) is 6.54 Å². The van der Waals surface area contributed by atoms with E-state index < -0.39 is 0 Å². The first kappa shape index (κ1) is 12.1. The fraction of sp³-hybridized carbons (Fsp3) is 0.667. The van der Waals surface area contributed by atoms with Gasteiger partial charge in [0.15, 0.2) is 5.82 Å². The van der Waals surface area contributed by atoms with Gasteiger partial charge < -0.3 is 15.2 Å². The van der Waals surface area contributed by atoms with Crippen LogP contribution in [0.2, 0.25) is 0 Å². The van der Waals surface area contributed by atoms with Crippen molar-refractivity contribution < 1.29 is 9.32 Å². The summed E-state index contributed by atoms with van der Waals surface area (Å²) in [5.74, 6) is 1.13. The lowest BCUT2D eigenvalue weighted by atomic mass is 9.89. The molecular weight excluding hydrogens is 218 g/mol. The number of rotatable bonds is 5. The molecule has 1 aliphatic rings. The van der Waals surface area contributed by atoms with Crippen LogP contribution in [0.1, 0.15) is 32.1 Å². The maximum atomic E-state index is 11.5. The third-order valence-electron chi connectivity index (χ3n) is 3.15. The molecular formula is C12H19N3O2. The van der Waals surface area contributed by atoms with Crippen molar-refractivity contribution in [2.45, 2.75) is 32.1 Å². The van der Waals surface area contributed by atoms with E-state index in [-0.39, 0.29) is 5.91 Å². The van der Waals surface area contributed by atoms with E-state index in [1.807, 2.05) is 0 Å². The molecule has 2 rings (SSSR count). The fourth-order valence-electron chi connectivity index (χ4n) is 2.25. The van der Waals surface area contributed by atoms with Gasteiger partial charge in [0.1, 0.15) is 6.26 Å². The third kappa shape index (κ3) is 4.19. The van der Waals surface area contributed by atoms with Crippen molar-refractivity contribution in [2.24, 2.45) is 5.92 Å². The number of carbonyl (C=O) groups excluding carboxylic acids is 1. The van der Waals surface area contributed by atoms with Crippen LogP contribution in [0.3, 0.4) is 0 Å². The fourth-order valence-corrected chi connectivity index (χ4v) is 2.25. The summed E-state index contributed by atoms with van der Waals surface area (Å²) in [7, 11) is 0. The van der Waals surface area contributed by atoms with E-state index >= 15 is 0 Å². The Labute approximate surface area is 101 Å². The Morgan fingerprint density at radius 3 is 2.94 bits per heavy atom. The maximum absolute atomic E-state index is 11.5. The Kier molecular flexibility index (Phi) is 4.55. The number of amides is 1. The average Bonchev–Trinajstić information content (AvgIpc) is 2.83. The summed E-state index contributed by atoms with van der Waals surface area (Å²) < 4.78 is 4.63. The second kappa shape index (κ2) is 6.39. The molecule has 1 fully saturated rings. The van der Waals surface area contributed by atoms with Crippen LogP contribution < -0.4 is 10.6 Å². The molecule has 5 heteroatoms. The monoisotopic (exact) mass is 237 g/mol. The van der Waals surface area contributed by atoms with Crippen LogP contribution in [0.5, 0.6) is 0 Å². The molecule has 0 unspecified atom stereocenters. The standard InChI is InChI=1S/C12H19N3O2/c16-12(14-11-6-7-17-15-11)9-13-8-10-4-2-1-3-5-10/h6-7,10,13H,1-5,8-9H2,(H,14,15,16). The summed E-state index contributed by atoms with van der Waals surface area (Å²) in [5.41, 5.74) is 0. The Bertz CT molecular complexity index is 332. The molecule has 0 bridgehead atoms. The van der Waals surface area contributed by atoms with Crippen LogP contribution in [0.25, 0.3) is 0 Å². The van der Waals surface area contributed by atoms with Crippen molar-refractivity contribution in [3.05, 3.63) is 12.3 Å². The van der Waals surface area contributed by atoms with Gasteiger partial charge in [0, 0.05) is 6.07 Å². The van der Waals surface area contributed by atoms with Gasteiger partial charge in [0.25, 0.3) is 0 Å². The number of aromatic nitrogens is 1. The van der Waals surface area contributed by atoms with Gasteiger partial charge >= 0.3 is 0 Å². The highest BCUT2D eigenvalue weighted by Gasteiger charge is 2.13. The first-order valence-electron chi connectivity index (χ1n) is 6.25. The zero-order chi connectivity index (χ0) is 11.9. The first-order chi connectivity index (χ1) is 8.34. The van der Waals surface area contributed by atoms with Crippen LogP contribution in [0, 0.1) is 5.92 Å². The van der Waals surface area contributed by atoms with Gasteiger partial charge in [-0.3, -0.25) is 4.79 Å². The molecule has 1 aliphatic carbocycles. The zero-order valence-electron chi connectivity index (χ0n) is 9.95. The predicted molar refractivity (Wildman–Crippen MR) is 64.6 cm³/mol. The van der Waals surface area contributed by atoms with Crippen LogP contribution >= 0.6 is 0 Å². The van der Waals surface area contributed by atoms with E-state index in [9.17, 15) is 4.79 Å². The Morgan fingerprint density at radius 1 is 1.41 bits per heavy atom. The van der Waals surface area contributed by atoms with Gasteiger partial charge in [-0.1, -0.05) is 24.4 Å². The van der Waals surface area contributed by atoms with Gasteiger partial charge in [0.2, 0.25) is 5.91 Å². The minimum Gasteiger partial charge on any atom is -0.363 e. The van der Waals surface area contributed by atoms with Crippen LogP contribution in [-0.4, -0.2) is 24.2 Å². The van der Waals surface area contributed by atoms with Gasteiger partial charge in [-0.15, -0.1) is 0 Å².